The lowest BCUT2D eigenvalue weighted by molar-refractivity contribution is 0.0899. The minimum Gasteiger partial charge on any atom is -0.371 e. The lowest BCUT2D eigenvalue weighted by atomic mass is 10.1. The van der Waals surface area contributed by atoms with E-state index in [0.717, 1.165) is 26.2 Å². The van der Waals surface area contributed by atoms with Crippen LogP contribution in [-0.4, -0.2) is 61.0 Å². The predicted molar refractivity (Wildman–Crippen MR) is 118 cm³/mol. The van der Waals surface area contributed by atoms with Gasteiger partial charge in [0.15, 0.2) is 17.3 Å². The molecule has 0 bridgehead atoms. The number of amides is 1. The van der Waals surface area contributed by atoms with Crippen LogP contribution in [0.2, 0.25) is 5.02 Å². The summed E-state index contributed by atoms with van der Waals surface area (Å²) in [6.07, 6.45) is 0. The Morgan fingerprint density at radius 1 is 1.23 bits per heavy atom. The van der Waals surface area contributed by atoms with Gasteiger partial charge in [-0.15, -0.1) is 5.92 Å². The van der Waals surface area contributed by atoms with Gasteiger partial charge in [0.25, 0.3) is 5.91 Å². The van der Waals surface area contributed by atoms with Gasteiger partial charge in [-0.2, -0.15) is 4.98 Å². The molecule has 9 heteroatoms. The average Bonchev–Trinajstić information content (AvgIpc) is 3.15. The van der Waals surface area contributed by atoms with Crippen LogP contribution in [0, 0.1) is 11.8 Å². The maximum Gasteiger partial charge on any atom is 0.272 e. The molecule has 0 atom stereocenters. The van der Waals surface area contributed by atoms with E-state index in [1.165, 1.54) is 0 Å². The molecule has 0 aliphatic carbocycles. The van der Waals surface area contributed by atoms with Crippen molar-refractivity contribution in [3.05, 3.63) is 40.5 Å². The van der Waals surface area contributed by atoms with Gasteiger partial charge in [0.1, 0.15) is 0 Å². The van der Waals surface area contributed by atoms with Crippen LogP contribution in [-0.2, 0) is 6.54 Å². The molecule has 1 amide bonds. The van der Waals surface area contributed by atoms with Crippen LogP contribution in [0.25, 0.3) is 0 Å². The zero-order valence-electron chi connectivity index (χ0n) is 17.1. The summed E-state index contributed by atoms with van der Waals surface area (Å²) in [6.45, 7) is 5.22. The lowest BCUT2D eigenvalue weighted by Crippen LogP contribution is -2.44. The fourth-order valence-electron chi connectivity index (χ4n) is 3.24. The number of hydrogen-bond donors (Lipinski definition) is 3. The molecular weight excluding hydrogens is 404 g/mol. The largest absolute Gasteiger partial charge is 0.371 e. The Balaban J connectivity index is 1.83. The Morgan fingerprint density at radius 2 is 1.93 bits per heavy atom. The van der Waals surface area contributed by atoms with Crippen LogP contribution in [0.5, 0.6) is 0 Å². The summed E-state index contributed by atoms with van der Waals surface area (Å²) >= 11 is 5.87. The van der Waals surface area contributed by atoms with Crippen molar-refractivity contribution in [1.82, 2.24) is 20.2 Å². The Morgan fingerprint density at radius 3 is 2.57 bits per heavy atom. The van der Waals surface area contributed by atoms with Gasteiger partial charge in [0, 0.05) is 43.8 Å². The molecule has 8 nitrogen and oxygen atoms in total. The molecule has 1 fully saturated rings. The first kappa shape index (κ1) is 21.7. The van der Waals surface area contributed by atoms with Crippen molar-refractivity contribution in [3.63, 3.8) is 0 Å². The zero-order chi connectivity index (χ0) is 21.5. The minimum absolute atomic E-state index is 0.128. The monoisotopic (exact) mass is 428 g/mol. The van der Waals surface area contributed by atoms with Gasteiger partial charge in [-0.3, -0.25) is 14.2 Å². The van der Waals surface area contributed by atoms with Crippen molar-refractivity contribution >= 4 is 35.1 Å². The smallest absolute Gasteiger partial charge is 0.272 e. The molecule has 0 unspecified atom stereocenters. The number of benzene rings is 1. The highest BCUT2D eigenvalue weighted by Gasteiger charge is 2.26. The van der Waals surface area contributed by atoms with Crippen molar-refractivity contribution in [1.29, 1.82) is 0 Å². The SMILES string of the molecule is CC#CCn1c(N2CCNCC2)nc(NC)c1C(=O)NCC(=O)c1ccc(Cl)cc1. The molecule has 0 saturated carbocycles. The van der Waals surface area contributed by atoms with E-state index >= 15 is 0 Å². The highest BCUT2D eigenvalue weighted by atomic mass is 35.5. The summed E-state index contributed by atoms with van der Waals surface area (Å²) in [5, 5.41) is 9.58. The van der Waals surface area contributed by atoms with Gasteiger partial charge in [-0.1, -0.05) is 17.5 Å². The fourth-order valence-corrected chi connectivity index (χ4v) is 3.37. The lowest BCUT2D eigenvalue weighted by Gasteiger charge is -2.28. The quantitative estimate of drug-likeness (QED) is 0.458. The molecule has 0 radical (unpaired) electrons. The summed E-state index contributed by atoms with van der Waals surface area (Å²) < 4.78 is 1.80. The molecule has 1 aromatic carbocycles. The van der Waals surface area contributed by atoms with Gasteiger partial charge in [-0.05, 0) is 31.2 Å². The van der Waals surface area contributed by atoms with E-state index in [1.807, 2.05) is 0 Å². The second-order valence-electron chi connectivity index (χ2n) is 6.72. The summed E-state index contributed by atoms with van der Waals surface area (Å²) in [7, 11) is 1.72. The van der Waals surface area contributed by atoms with Crippen LogP contribution in [0.3, 0.4) is 0 Å². The van der Waals surface area contributed by atoms with Gasteiger partial charge in [0.05, 0.1) is 13.1 Å². The third kappa shape index (κ3) is 4.93. The summed E-state index contributed by atoms with van der Waals surface area (Å²) in [6, 6.07) is 6.57. The summed E-state index contributed by atoms with van der Waals surface area (Å²) in [5.41, 5.74) is 0.845. The van der Waals surface area contributed by atoms with Crippen LogP contribution < -0.4 is 20.9 Å². The van der Waals surface area contributed by atoms with Gasteiger partial charge < -0.3 is 20.9 Å². The molecule has 2 heterocycles. The molecular formula is C21H25ClN6O2. The maximum atomic E-state index is 13.0. The number of Topliss-reactive ketones (excluding diaryl/α,β-unsaturated/α-hetero) is 1. The first-order valence-electron chi connectivity index (χ1n) is 9.75. The molecule has 1 aromatic heterocycles. The third-order valence-corrected chi connectivity index (χ3v) is 5.04. The number of piperazine rings is 1. The highest BCUT2D eigenvalue weighted by molar-refractivity contribution is 6.30. The number of carbonyl (C=O) groups excluding carboxylic acids is 2. The normalized spacial score (nSPS) is 13.4. The van der Waals surface area contributed by atoms with E-state index in [2.05, 4.69) is 37.7 Å². The van der Waals surface area contributed by atoms with Crippen molar-refractivity contribution in [2.75, 3.05) is 50.0 Å². The molecule has 3 rings (SSSR count). The highest BCUT2D eigenvalue weighted by Crippen LogP contribution is 2.24. The first-order chi connectivity index (χ1) is 14.5. The average molecular weight is 429 g/mol. The maximum absolute atomic E-state index is 13.0. The first-order valence-corrected chi connectivity index (χ1v) is 10.1. The topological polar surface area (TPSA) is 91.3 Å². The number of anilines is 2. The molecule has 158 valence electrons. The molecule has 30 heavy (non-hydrogen) atoms. The number of carbonyl (C=O) groups is 2. The van der Waals surface area contributed by atoms with Gasteiger partial charge >= 0.3 is 0 Å². The molecule has 1 saturated heterocycles. The Labute approximate surface area is 181 Å². The van der Waals surface area contributed by atoms with Crippen LogP contribution in [0.1, 0.15) is 27.8 Å². The second kappa shape index (κ2) is 10.1. The standard InChI is InChI=1S/C21H25ClN6O2/c1-3-4-11-28-18(19(23-2)26-21(28)27-12-9-24-10-13-27)20(30)25-14-17(29)15-5-7-16(22)8-6-15/h5-8,23-24H,9-14H2,1-2H3,(H,25,30). The fraction of sp³-hybridized carbons (Fsp3) is 0.381. The molecule has 1 aliphatic rings. The third-order valence-electron chi connectivity index (χ3n) is 4.79. The van der Waals surface area contributed by atoms with Gasteiger partial charge in [0.2, 0.25) is 5.95 Å². The van der Waals surface area contributed by atoms with Gasteiger partial charge in [-0.25, -0.2) is 0 Å². The van der Waals surface area contributed by atoms with E-state index in [9.17, 15) is 9.59 Å². The van der Waals surface area contributed by atoms with Crippen molar-refractivity contribution < 1.29 is 9.59 Å². The number of nitrogens with one attached hydrogen (secondary N) is 3. The molecule has 3 N–H and O–H groups in total. The van der Waals surface area contributed by atoms with E-state index in [4.69, 9.17) is 11.6 Å². The minimum atomic E-state index is -0.381. The van der Waals surface area contributed by atoms with E-state index < -0.39 is 0 Å². The van der Waals surface area contributed by atoms with E-state index in [1.54, 1.807) is 42.8 Å². The van der Waals surface area contributed by atoms with E-state index in [0.29, 0.717) is 34.6 Å². The van der Waals surface area contributed by atoms with Crippen molar-refractivity contribution in [3.8, 4) is 11.8 Å². The molecule has 0 spiro atoms. The second-order valence-corrected chi connectivity index (χ2v) is 7.16. The number of nitrogens with zero attached hydrogens (tertiary/aromatic N) is 3. The van der Waals surface area contributed by atoms with E-state index in [-0.39, 0.29) is 18.2 Å². The molecule has 2 aromatic rings. The van der Waals surface area contributed by atoms with Crippen molar-refractivity contribution in [2.24, 2.45) is 0 Å². The Kier molecular flexibility index (Phi) is 7.33. The number of halogens is 1. The molecule has 1 aliphatic heterocycles. The zero-order valence-corrected chi connectivity index (χ0v) is 17.8. The number of aromatic nitrogens is 2. The number of hydrogen-bond acceptors (Lipinski definition) is 6. The Bertz CT molecular complexity index is 968. The van der Waals surface area contributed by atoms with Crippen LogP contribution in [0.15, 0.2) is 24.3 Å². The van der Waals surface area contributed by atoms with Crippen LogP contribution in [0.4, 0.5) is 11.8 Å². The predicted octanol–water partition coefficient (Wildman–Crippen LogP) is 1.62. The van der Waals surface area contributed by atoms with Crippen LogP contribution >= 0.6 is 11.6 Å². The van der Waals surface area contributed by atoms with Crippen molar-refractivity contribution in [2.45, 2.75) is 13.5 Å². The number of imidazole rings is 1. The Hall–Kier alpha value is -3.02. The number of rotatable bonds is 7. The summed E-state index contributed by atoms with van der Waals surface area (Å²) in [4.78, 5) is 32.2. The summed E-state index contributed by atoms with van der Waals surface area (Å²) in [5.74, 6) is 6.45. The number of ketones is 1.